The first-order chi connectivity index (χ1) is 9.60. The molecule has 0 aliphatic heterocycles. The molecule has 20 heavy (non-hydrogen) atoms. The fourth-order valence-corrected chi connectivity index (χ4v) is 3.43. The van der Waals surface area contributed by atoms with Crippen LogP contribution in [0.3, 0.4) is 0 Å². The Balaban J connectivity index is 2.10. The highest BCUT2D eigenvalue weighted by atomic mass is 35.5. The standard InChI is InChI=1S/C15H23Cl2N3/c1-3-15(7-5-6-8-15)10-19-14-12(17)9-11(16)13(20-14)18-4-2/h9H,3-8,10H2,1-2H3,(H2,18,19,20). The highest BCUT2D eigenvalue weighted by molar-refractivity contribution is 6.37. The number of anilines is 2. The Morgan fingerprint density at radius 3 is 2.25 bits per heavy atom. The van der Waals surface area contributed by atoms with Crippen LogP contribution in [0.15, 0.2) is 6.07 Å². The molecule has 112 valence electrons. The summed E-state index contributed by atoms with van der Waals surface area (Å²) in [4.78, 5) is 4.50. The summed E-state index contributed by atoms with van der Waals surface area (Å²) in [7, 11) is 0. The lowest BCUT2D eigenvalue weighted by Gasteiger charge is -2.28. The molecule has 1 aromatic rings. The molecule has 0 bridgehead atoms. The van der Waals surface area contributed by atoms with Gasteiger partial charge in [-0.2, -0.15) is 0 Å². The topological polar surface area (TPSA) is 37.0 Å². The molecule has 0 radical (unpaired) electrons. The Bertz CT molecular complexity index is 457. The summed E-state index contributed by atoms with van der Waals surface area (Å²) >= 11 is 12.4. The predicted molar refractivity (Wildman–Crippen MR) is 88.1 cm³/mol. The zero-order valence-corrected chi connectivity index (χ0v) is 13.7. The van der Waals surface area contributed by atoms with Crippen molar-refractivity contribution in [3.05, 3.63) is 16.1 Å². The van der Waals surface area contributed by atoms with Crippen molar-refractivity contribution in [1.82, 2.24) is 4.98 Å². The first-order valence-electron chi connectivity index (χ1n) is 7.44. The Labute approximate surface area is 131 Å². The molecule has 1 aliphatic carbocycles. The highest BCUT2D eigenvalue weighted by Crippen LogP contribution is 2.41. The van der Waals surface area contributed by atoms with Crippen molar-refractivity contribution in [2.24, 2.45) is 5.41 Å². The van der Waals surface area contributed by atoms with Gasteiger partial charge in [-0.25, -0.2) is 4.98 Å². The smallest absolute Gasteiger partial charge is 0.147 e. The molecule has 2 rings (SSSR count). The summed E-state index contributed by atoms with van der Waals surface area (Å²) in [6, 6.07) is 1.75. The van der Waals surface area contributed by atoms with Gasteiger partial charge < -0.3 is 10.6 Å². The van der Waals surface area contributed by atoms with Crippen LogP contribution in [0.25, 0.3) is 0 Å². The van der Waals surface area contributed by atoms with Crippen molar-refractivity contribution in [3.8, 4) is 0 Å². The van der Waals surface area contributed by atoms with Crippen molar-refractivity contribution >= 4 is 34.8 Å². The van der Waals surface area contributed by atoms with Crippen LogP contribution >= 0.6 is 23.2 Å². The van der Waals surface area contributed by atoms with Gasteiger partial charge in [-0.05, 0) is 37.7 Å². The van der Waals surface area contributed by atoms with E-state index in [1.54, 1.807) is 6.07 Å². The lowest BCUT2D eigenvalue weighted by molar-refractivity contribution is 0.306. The van der Waals surface area contributed by atoms with E-state index >= 15 is 0 Å². The van der Waals surface area contributed by atoms with Gasteiger partial charge in [0.05, 0.1) is 10.0 Å². The normalized spacial score (nSPS) is 17.2. The number of aromatic nitrogens is 1. The quantitative estimate of drug-likeness (QED) is 0.757. The van der Waals surface area contributed by atoms with E-state index in [1.165, 1.54) is 32.1 Å². The van der Waals surface area contributed by atoms with Crippen LogP contribution in [0.1, 0.15) is 46.0 Å². The number of nitrogens with zero attached hydrogens (tertiary/aromatic N) is 1. The minimum atomic E-state index is 0.406. The molecule has 1 aliphatic rings. The SMILES string of the molecule is CCNc1nc(NCC2(CC)CCCC2)c(Cl)cc1Cl. The molecular weight excluding hydrogens is 293 g/mol. The third-order valence-electron chi connectivity index (χ3n) is 4.32. The molecule has 2 N–H and O–H groups in total. The second-order valence-electron chi connectivity index (χ2n) is 5.59. The summed E-state index contributed by atoms with van der Waals surface area (Å²) in [6.07, 6.45) is 6.45. The number of pyridine rings is 1. The third-order valence-corrected chi connectivity index (χ3v) is 4.89. The summed E-state index contributed by atoms with van der Waals surface area (Å²) in [5.74, 6) is 1.42. The molecule has 0 aromatic carbocycles. The Hall–Kier alpha value is -0.670. The van der Waals surface area contributed by atoms with Gasteiger partial charge in [0, 0.05) is 13.1 Å². The molecule has 3 nitrogen and oxygen atoms in total. The van der Waals surface area contributed by atoms with E-state index in [0.717, 1.165) is 18.9 Å². The van der Waals surface area contributed by atoms with Gasteiger partial charge >= 0.3 is 0 Å². The second-order valence-corrected chi connectivity index (χ2v) is 6.41. The Morgan fingerprint density at radius 1 is 1.10 bits per heavy atom. The minimum absolute atomic E-state index is 0.406. The lowest BCUT2D eigenvalue weighted by Crippen LogP contribution is -2.26. The van der Waals surface area contributed by atoms with Crippen LogP contribution in [0.5, 0.6) is 0 Å². The molecular formula is C15H23Cl2N3. The minimum Gasteiger partial charge on any atom is -0.369 e. The Morgan fingerprint density at radius 2 is 1.70 bits per heavy atom. The molecule has 1 saturated carbocycles. The van der Waals surface area contributed by atoms with E-state index in [0.29, 0.717) is 21.3 Å². The van der Waals surface area contributed by atoms with Gasteiger partial charge in [0.25, 0.3) is 0 Å². The maximum Gasteiger partial charge on any atom is 0.147 e. The highest BCUT2D eigenvalue weighted by Gasteiger charge is 2.31. The van der Waals surface area contributed by atoms with Gasteiger partial charge in [0.2, 0.25) is 0 Å². The molecule has 1 fully saturated rings. The van der Waals surface area contributed by atoms with Crippen LogP contribution in [0, 0.1) is 5.41 Å². The fraction of sp³-hybridized carbons (Fsp3) is 0.667. The number of hydrogen-bond acceptors (Lipinski definition) is 3. The van der Waals surface area contributed by atoms with Crippen molar-refractivity contribution < 1.29 is 0 Å². The summed E-state index contributed by atoms with van der Waals surface area (Å²) in [6.45, 7) is 6.01. The van der Waals surface area contributed by atoms with Crippen LogP contribution in [0.4, 0.5) is 11.6 Å². The van der Waals surface area contributed by atoms with Crippen LogP contribution < -0.4 is 10.6 Å². The number of nitrogens with one attached hydrogen (secondary N) is 2. The molecule has 0 unspecified atom stereocenters. The fourth-order valence-electron chi connectivity index (χ4n) is 2.93. The van der Waals surface area contributed by atoms with Gasteiger partial charge in [-0.3, -0.25) is 0 Å². The average molecular weight is 316 g/mol. The molecule has 5 heteroatoms. The molecule has 0 atom stereocenters. The summed E-state index contributed by atoms with van der Waals surface area (Å²) in [5, 5.41) is 7.73. The molecule has 0 spiro atoms. The summed E-state index contributed by atoms with van der Waals surface area (Å²) < 4.78 is 0. The predicted octanol–water partition coefficient (Wildman–Crippen LogP) is 5.20. The van der Waals surface area contributed by atoms with Gasteiger partial charge in [0.1, 0.15) is 11.6 Å². The first-order valence-corrected chi connectivity index (χ1v) is 8.19. The maximum atomic E-state index is 6.24. The number of halogens is 2. The Kier molecular flexibility index (Phi) is 5.39. The van der Waals surface area contributed by atoms with E-state index in [2.05, 4.69) is 22.5 Å². The lowest BCUT2D eigenvalue weighted by atomic mass is 9.83. The molecule has 1 heterocycles. The van der Waals surface area contributed by atoms with Crippen molar-refractivity contribution in [2.75, 3.05) is 23.7 Å². The van der Waals surface area contributed by atoms with E-state index in [1.807, 2.05) is 6.92 Å². The third kappa shape index (κ3) is 3.50. The summed E-state index contributed by atoms with van der Waals surface area (Å²) in [5.41, 5.74) is 0.406. The zero-order chi connectivity index (χ0) is 14.6. The second kappa shape index (κ2) is 6.86. The van der Waals surface area contributed by atoms with Gasteiger partial charge in [-0.15, -0.1) is 0 Å². The van der Waals surface area contributed by atoms with E-state index < -0.39 is 0 Å². The maximum absolute atomic E-state index is 6.24. The van der Waals surface area contributed by atoms with Gasteiger partial charge in [0.15, 0.2) is 0 Å². The van der Waals surface area contributed by atoms with Gasteiger partial charge in [-0.1, -0.05) is 43.0 Å². The van der Waals surface area contributed by atoms with Crippen molar-refractivity contribution in [3.63, 3.8) is 0 Å². The van der Waals surface area contributed by atoms with E-state index in [9.17, 15) is 0 Å². The molecule has 0 amide bonds. The zero-order valence-electron chi connectivity index (χ0n) is 12.2. The van der Waals surface area contributed by atoms with Crippen molar-refractivity contribution in [2.45, 2.75) is 46.0 Å². The van der Waals surface area contributed by atoms with Crippen LogP contribution in [0.2, 0.25) is 10.0 Å². The average Bonchev–Trinajstić information content (AvgIpc) is 2.90. The van der Waals surface area contributed by atoms with Crippen LogP contribution in [-0.2, 0) is 0 Å². The largest absolute Gasteiger partial charge is 0.369 e. The van der Waals surface area contributed by atoms with E-state index in [-0.39, 0.29) is 0 Å². The molecule has 1 aromatic heterocycles. The first kappa shape index (κ1) is 15.7. The van der Waals surface area contributed by atoms with Crippen molar-refractivity contribution in [1.29, 1.82) is 0 Å². The monoisotopic (exact) mass is 315 g/mol. The number of rotatable bonds is 6. The van der Waals surface area contributed by atoms with E-state index in [4.69, 9.17) is 23.2 Å². The number of hydrogen-bond donors (Lipinski definition) is 2. The van der Waals surface area contributed by atoms with Crippen LogP contribution in [-0.4, -0.2) is 18.1 Å². The molecule has 0 saturated heterocycles.